The molecule has 1 aliphatic rings. The van der Waals surface area contributed by atoms with Crippen LogP contribution >= 0.6 is 35.7 Å². The number of hydrogen-bond acceptors (Lipinski definition) is 2. The highest BCUT2D eigenvalue weighted by atomic mass is 127. The van der Waals surface area contributed by atoms with Gasteiger partial charge in [0, 0.05) is 37.1 Å². The molecule has 1 aliphatic heterocycles. The van der Waals surface area contributed by atoms with Gasteiger partial charge in [-0.15, -0.1) is 24.0 Å². The number of nitrogens with two attached hydrogens (primary N) is 1. The molecule has 1 aromatic carbocycles. The molecule has 0 radical (unpaired) electrons. The molecule has 0 aromatic heterocycles. The van der Waals surface area contributed by atoms with E-state index in [4.69, 9.17) is 5.73 Å². The first-order valence-corrected chi connectivity index (χ1v) is 8.51. The first-order chi connectivity index (χ1) is 9.68. The maximum Gasteiger partial charge on any atom is 0.191 e. The predicted octanol–water partition coefficient (Wildman–Crippen LogP) is 3.41. The average Bonchev–Trinajstić information content (AvgIpc) is 2.49. The van der Waals surface area contributed by atoms with Crippen molar-refractivity contribution >= 4 is 41.7 Å². The van der Waals surface area contributed by atoms with Crippen molar-refractivity contribution in [2.75, 3.05) is 31.1 Å². The monoisotopic (exact) mass is 419 g/mol. The molecular weight excluding hydrogens is 393 g/mol. The fraction of sp³-hybridized carbons (Fsp3) is 0.562. The van der Waals surface area contributed by atoms with Crippen molar-refractivity contribution in [3.8, 4) is 0 Å². The summed E-state index contributed by atoms with van der Waals surface area (Å²) in [6.07, 6.45) is 0. The minimum atomic E-state index is 0. The van der Waals surface area contributed by atoms with Crippen LogP contribution in [0.3, 0.4) is 0 Å². The molecule has 0 aliphatic carbocycles. The fourth-order valence-electron chi connectivity index (χ4n) is 2.49. The zero-order chi connectivity index (χ0) is 14.4. The number of benzene rings is 1. The van der Waals surface area contributed by atoms with Gasteiger partial charge in [-0.1, -0.05) is 44.2 Å². The first-order valence-electron chi connectivity index (χ1n) is 7.36. The standard InChI is InChI=1S/C16H25N3S.HI/c1-13(2)15(14-6-4-3-5-7-14)12-18-16(17)19-8-10-20-11-9-19;/h3-7,13,15H,8-12H2,1-2H3,(H2,17,18);1H. The number of hydrogen-bond donors (Lipinski definition) is 1. The molecule has 2 N–H and O–H groups in total. The number of rotatable bonds is 4. The Balaban J connectivity index is 0.00000220. The van der Waals surface area contributed by atoms with Gasteiger partial charge in [-0.25, -0.2) is 0 Å². The Hall–Kier alpha value is -0.430. The summed E-state index contributed by atoms with van der Waals surface area (Å²) in [6.45, 7) is 7.33. The van der Waals surface area contributed by atoms with Gasteiger partial charge in [0.1, 0.15) is 0 Å². The van der Waals surface area contributed by atoms with Gasteiger partial charge in [0.15, 0.2) is 5.96 Å². The second kappa shape index (κ2) is 9.56. The summed E-state index contributed by atoms with van der Waals surface area (Å²) in [5, 5.41) is 0. The highest BCUT2D eigenvalue weighted by Crippen LogP contribution is 2.24. The molecular formula is C16H26IN3S. The molecule has 0 spiro atoms. The van der Waals surface area contributed by atoms with Crippen LogP contribution in [0.2, 0.25) is 0 Å². The van der Waals surface area contributed by atoms with Crippen LogP contribution in [0.25, 0.3) is 0 Å². The summed E-state index contributed by atoms with van der Waals surface area (Å²) in [4.78, 5) is 6.86. The number of halogens is 1. The van der Waals surface area contributed by atoms with Crippen molar-refractivity contribution in [2.24, 2.45) is 16.6 Å². The molecule has 5 heteroatoms. The normalized spacial score (nSPS) is 17.5. The molecule has 1 aromatic rings. The summed E-state index contributed by atoms with van der Waals surface area (Å²) in [7, 11) is 0. The quantitative estimate of drug-likeness (QED) is 0.462. The summed E-state index contributed by atoms with van der Waals surface area (Å²) < 4.78 is 0. The lowest BCUT2D eigenvalue weighted by Gasteiger charge is -2.28. The van der Waals surface area contributed by atoms with Crippen LogP contribution in [0.4, 0.5) is 0 Å². The van der Waals surface area contributed by atoms with E-state index in [0.29, 0.717) is 17.8 Å². The Labute approximate surface area is 149 Å². The van der Waals surface area contributed by atoms with E-state index in [1.54, 1.807) is 0 Å². The highest BCUT2D eigenvalue weighted by Gasteiger charge is 2.17. The molecule has 2 rings (SSSR count). The maximum atomic E-state index is 6.14. The molecule has 0 bridgehead atoms. The molecule has 0 saturated carbocycles. The van der Waals surface area contributed by atoms with Gasteiger partial charge in [-0.3, -0.25) is 4.99 Å². The minimum Gasteiger partial charge on any atom is -0.370 e. The van der Waals surface area contributed by atoms with Crippen molar-refractivity contribution in [1.29, 1.82) is 0 Å². The first kappa shape index (κ1) is 18.6. The van der Waals surface area contributed by atoms with E-state index in [2.05, 4.69) is 54.1 Å². The number of thioether (sulfide) groups is 1. The lowest BCUT2D eigenvalue weighted by Crippen LogP contribution is -2.42. The van der Waals surface area contributed by atoms with Crippen LogP contribution in [0.15, 0.2) is 35.3 Å². The Kier molecular flexibility index (Phi) is 8.48. The summed E-state index contributed by atoms with van der Waals surface area (Å²) >= 11 is 1.99. The molecule has 0 amide bonds. The SMILES string of the molecule is CC(C)C(CN=C(N)N1CCSCC1)c1ccccc1.I. The molecule has 1 fully saturated rings. The maximum absolute atomic E-state index is 6.14. The van der Waals surface area contributed by atoms with Crippen LogP contribution in [0.5, 0.6) is 0 Å². The predicted molar refractivity (Wildman–Crippen MR) is 105 cm³/mol. The van der Waals surface area contributed by atoms with E-state index in [0.717, 1.165) is 31.1 Å². The zero-order valence-corrected chi connectivity index (χ0v) is 16.0. The molecule has 1 atom stereocenters. The van der Waals surface area contributed by atoms with Gasteiger partial charge in [-0.05, 0) is 11.5 Å². The van der Waals surface area contributed by atoms with E-state index < -0.39 is 0 Å². The van der Waals surface area contributed by atoms with Crippen molar-refractivity contribution in [1.82, 2.24) is 4.90 Å². The van der Waals surface area contributed by atoms with Crippen molar-refractivity contribution in [2.45, 2.75) is 19.8 Å². The third kappa shape index (κ3) is 5.70. The summed E-state index contributed by atoms with van der Waals surface area (Å²) in [6, 6.07) is 10.6. The van der Waals surface area contributed by atoms with Crippen LogP contribution in [0, 0.1) is 5.92 Å². The van der Waals surface area contributed by atoms with Gasteiger partial charge in [0.2, 0.25) is 0 Å². The van der Waals surface area contributed by atoms with Gasteiger partial charge in [0.25, 0.3) is 0 Å². The molecule has 3 nitrogen and oxygen atoms in total. The van der Waals surface area contributed by atoms with Crippen LogP contribution in [-0.4, -0.2) is 42.0 Å². The van der Waals surface area contributed by atoms with E-state index in [9.17, 15) is 0 Å². The molecule has 1 saturated heterocycles. The smallest absolute Gasteiger partial charge is 0.191 e. The van der Waals surface area contributed by atoms with Gasteiger partial charge in [-0.2, -0.15) is 11.8 Å². The summed E-state index contributed by atoms with van der Waals surface area (Å²) in [5.41, 5.74) is 7.50. The topological polar surface area (TPSA) is 41.6 Å². The largest absolute Gasteiger partial charge is 0.370 e. The molecule has 21 heavy (non-hydrogen) atoms. The van der Waals surface area contributed by atoms with Crippen molar-refractivity contribution in [3.05, 3.63) is 35.9 Å². The summed E-state index contributed by atoms with van der Waals surface area (Å²) in [5.74, 6) is 4.03. The molecule has 118 valence electrons. The Morgan fingerprint density at radius 1 is 1.24 bits per heavy atom. The van der Waals surface area contributed by atoms with E-state index in [1.165, 1.54) is 5.56 Å². The lowest BCUT2D eigenvalue weighted by molar-refractivity contribution is 0.449. The van der Waals surface area contributed by atoms with Gasteiger partial charge >= 0.3 is 0 Å². The van der Waals surface area contributed by atoms with Gasteiger partial charge < -0.3 is 10.6 Å². The average molecular weight is 419 g/mol. The highest BCUT2D eigenvalue weighted by molar-refractivity contribution is 14.0. The minimum absolute atomic E-state index is 0. The Bertz CT molecular complexity index is 430. The Morgan fingerprint density at radius 2 is 1.86 bits per heavy atom. The van der Waals surface area contributed by atoms with Gasteiger partial charge in [0.05, 0.1) is 0 Å². The number of aliphatic imine (C=N–C) groups is 1. The van der Waals surface area contributed by atoms with Crippen LogP contribution in [-0.2, 0) is 0 Å². The van der Waals surface area contributed by atoms with Crippen LogP contribution < -0.4 is 5.73 Å². The van der Waals surface area contributed by atoms with Crippen molar-refractivity contribution in [3.63, 3.8) is 0 Å². The second-order valence-electron chi connectivity index (χ2n) is 5.56. The zero-order valence-electron chi connectivity index (χ0n) is 12.9. The van der Waals surface area contributed by atoms with E-state index in [1.807, 2.05) is 11.8 Å². The van der Waals surface area contributed by atoms with Crippen LogP contribution in [0.1, 0.15) is 25.3 Å². The fourth-order valence-corrected chi connectivity index (χ4v) is 3.39. The number of guanidine groups is 1. The third-order valence-corrected chi connectivity index (χ3v) is 4.76. The van der Waals surface area contributed by atoms with E-state index >= 15 is 0 Å². The third-order valence-electron chi connectivity index (χ3n) is 3.82. The molecule has 1 unspecified atom stereocenters. The second-order valence-corrected chi connectivity index (χ2v) is 6.78. The number of nitrogens with zero attached hydrogens (tertiary/aromatic N) is 2. The molecule has 1 heterocycles. The van der Waals surface area contributed by atoms with E-state index in [-0.39, 0.29) is 24.0 Å². The lowest BCUT2D eigenvalue weighted by atomic mass is 9.88. The van der Waals surface area contributed by atoms with Crippen molar-refractivity contribution < 1.29 is 0 Å². The Morgan fingerprint density at radius 3 is 2.43 bits per heavy atom.